The van der Waals surface area contributed by atoms with E-state index in [1.54, 1.807) is 19.2 Å². The average molecular weight is 268 g/mol. The summed E-state index contributed by atoms with van der Waals surface area (Å²) in [5, 5.41) is 5.83. The Balaban J connectivity index is 2.52. The van der Waals surface area contributed by atoms with Crippen LogP contribution in [0.4, 0.5) is 4.39 Å². The van der Waals surface area contributed by atoms with E-state index in [0.29, 0.717) is 13.2 Å². The fourth-order valence-electron chi connectivity index (χ4n) is 1.72. The molecule has 2 N–H and O–H groups in total. The molecule has 0 aromatic heterocycles. The SMILES string of the molecule is COCCNCC(=O)NC(C)(C)c1cccc(F)c1. The Morgan fingerprint density at radius 3 is 2.79 bits per heavy atom. The minimum absolute atomic E-state index is 0.134. The first-order valence-electron chi connectivity index (χ1n) is 6.22. The summed E-state index contributed by atoms with van der Waals surface area (Å²) < 4.78 is 18.1. The van der Waals surface area contributed by atoms with E-state index in [4.69, 9.17) is 4.74 Å². The lowest BCUT2D eigenvalue weighted by atomic mass is 9.94. The van der Waals surface area contributed by atoms with Gasteiger partial charge in [0.25, 0.3) is 0 Å². The summed E-state index contributed by atoms with van der Waals surface area (Å²) in [4.78, 5) is 11.8. The van der Waals surface area contributed by atoms with Crippen molar-refractivity contribution in [3.8, 4) is 0 Å². The Hall–Kier alpha value is -1.46. The predicted octanol–water partition coefficient (Wildman–Crippen LogP) is 1.41. The van der Waals surface area contributed by atoms with E-state index in [1.807, 2.05) is 13.8 Å². The summed E-state index contributed by atoms with van der Waals surface area (Å²) in [6.07, 6.45) is 0. The van der Waals surface area contributed by atoms with Gasteiger partial charge in [-0.1, -0.05) is 12.1 Å². The van der Waals surface area contributed by atoms with Gasteiger partial charge in [-0.05, 0) is 31.5 Å². The number of halogens is 1. The fraction of sp³-hybridized carbons (Fsp3) is 0.500. The Bertz CT molecular complexity index is 422. The standard InChI is InChI=1S/C14H21FN2O2/c1-14(2,11-5-4-6-12(15)9-11)17-13(18)10-16-7-8-19-3/h4-6,9,16H,7-8,10H2,1-3H3,(H,17,18). The summed E-state index contributed by atoms with van der Waals surface area (Å²) in [5.41, 5.74) is 0.125. The van der Waals surface area contributed by atoms with Crippen LogP contribution in [0.15, 0.2) is 24.3 Å². The second-order valence-corrected chi connectivity index (χ2v) is 4.85. The van der Waals surface area contributed by atoms with E-state index < -0.39 is 5.54 Å². The molecule has 0 unspecified atom stereocenters. The molecule has 0 spiro atoms. The number of rotatable bonds is 7. The van der Waals surface area contributed by atoms with Crippen molar-refractivity contribution >= 4 is 5.91 Å². The number of carbonyl (C=O) groups is 1. The summed E-state index contributed by atoms with van der Waals surface area (Å²) in [6.45, 7) is 5.07. The number of amides is 1. The molecule has 19 heavy (non-hydrogen) atoms. The number of hydrogen-bond donors (Lipinski definition) is 2. The smallest absolute Gasteiger partial charge is 0.234 e. The first-order valence-corrected chi connectivity index (χ1v) is 6.22. The van der Waals surface area contributed by atoms with E-state index in [1.165, 1.54) is 12.1 Å². The first kappa shape index (κ1) is 15.6. The second-order valence-electron chi connectivity index (χ2n) is 4.85. The van der Waals surface area contributed by atoms with Crippen molar-refractivity contribution < 1.29 is 13.9 Å². The molecule has 4 nitrogen and oxygen atoms in total. The summed E-state index contributed by atoms with van der Waals surface area (Å²) >= 11 is 0. The van der Waals surface area contributed by atoms with Crippen LogP contribution in [0.25, 0.3) is 0 Å². The van der Waals surface area contributed by atoms with Gasteiger partial charge in [-0.15, -0.1) is 0 Å². The Morgan fingerprint density at radius 2 is 2.16 bits per heavy atom. The molecule has 0 aliphatic carbocycles. The molecular formula is C14H21FN2O2. The maximum Gasteiger partial charge on any atom is 0.234 e. The molecule has 1 aromatic carbocycles. The maximum absolute atomic E-state index is 13.2. The number of methoxy groups -OCH3 is 1. The van der Waals surface area contributed by atoms with E-state index in [2.05, 4.69) is 10.6 Å². The van der Waals surface area contributed by atoms with Crippen LogP contribution in [0.5, 0.6) is 0 Å². The highest BCUT2D eigenvalue weighted by atomic mass is 19.1. The average Bonchev–Trinajstić information content (AvgIpc) is 2.34. The van der Waals surface area contributed by atoms with Crippen molar-refractivity contribution in [2.24, 2.45) is 0 Å². The number of hydrogen-bond acceptors (Lipinski definition) is 3. The summed E-state index contributed by atoms with van der Waals surface area (Å²) in [7, 11) is 1.61. The number of benzene rings is 1. The zero-order chi connectivity index (χ0) is 14.3. The number of nitrogens with one attached hydrogen (secondary N) is 2. The quantitative estimate of drug-likeness (QED) is 0.735. The van der Waals surface area contributed by atoms with E-state index >= 15 is 0 Å². The molecule has 1 aromatic rings. The van der Waals surface area contributed by atoms with Gasteiger partial charge in [0.05, 0.1) is 18.7 Å². The van der Waals surface area contributed by atoms with E-state index in [-0.39, 0.29) is 18.3 Å². The van der Waals surface area contributed by atoms with Crippen molar-refractivity contribution in [2.45, 2.75) is 19.4 Å². The molecule has 106 valence electrons. The molecule has 0 saturated carbocycles. The van der Waals surface area contributed by atoms with Crippen LogP contribution in [0.2, 0.25) is 0 Å². The van der Waals surface area contributed by atoms with Crippen molar-refractivity contribution in [3.63, 3.8) is 0 Å². The third-order valence-electron chi connectivity index (χ3n) is 2.77. The lowest BCUT2D eigenvalue weighted by molar-refractivity contribution is -0.121. The van der Waals surface area contributed by atoms with Gasteiger partial charge in [0.1, 0.15) is 5.82 Å². The van der Waals surface area contributed by atoms with Crippen LogP contribution in [-0.4, -0.2) is 32.7 Å². The van der Waals surface area contributed by atoms with Crippen LogP contribution in [-0.2, 0) is 15.1 Å². The van der Waals surface area contributed by atoms with Gasteiger partial charge in [-0.2, -0.15) is 0 Å². The maximum atomic E-state index is 13.2. The monoisotopic (exact) mass is 268 g/mol. The Kier molecular flexibility index (Phi) is 5.92. The van der Waals surface area contributed by atoms with Gasteiger partial charge < -0.3 is 15.4 Å². The summed E-state index contributed by atoms with van der Waals surface area (Å²) in [5.74, 6) is -0.441. The minimum Gasteiger partial charge on any atom is -0.383 e. The molecular weight excluding hydrogens is 247 g/mol. The van der Waals surface area contributed by atoms with Gasteiger partial charge in [0.2, 0.25) is 5.91 Å². The van der Waals surface area contributed by atoms with Crippen LogP contribution in [0.3, 0.4) is 0 Å². The lowest BCUT2D eigenvalue weighted by Gasteiger charge is -2.27. The van der Waals surface area contributed by atoms with Crippen molar-refractivity contribution in [2.75, 3.05) is 26.8 Å². The van der Waals surface area contributed by atoms with Gasteiger partial charge >= 0.3 is 0 Å². The minimum atomic E-state index is -0.609. The molecule has 0 bridgehead atoms. The molecule has 1 amide bonds. The van der Waals surface area contributed by atoms with Crippen LogP contribution in [0, 0.1) is 5.82 Å². The summed E-state index contributed by atoms with van der Waals surface area (Å²) in [6, 6.07) is 6.24. The highest BCUT2D eigenvalue weighted by Gasteiger charge is 2.22. The fourth-order valence-corrected chi connectivity index (χ4v) is 1.72. The molecule has 0 radical (unpaired) electrons. The molecule has 0 atom stereocenters. The van der Waals surface area contributed by atoms with E-state index in [0.717, 1.165) is 5.56 Å². The van der Waals surface area contributed by atoms with Crippen LogP contribution >= 0.6 is 0 Å². The molecule has 0 saturated heterocycles. The van der Waals surface area contributed by atoms with Crippen molar-refractivity contribution in [1.82, 2.24) is 10.6 Å². The predicted molar refractivity (Wildman–Crippen MR) is 72.3 cm³/mol. The molecule has 0 aliphatic heterocycles. The van der Waals surface area contributed by atoms with Gasteiger partial charge in [0, 0.05) is 13.7 Å². The molecule has 0 aliphatic rings. The Labute approximate surface area is 113 Å². The van der Waals surface area contributed by atoms with Crippen LogP contribution in [0.1, 0.15) is 19.4 Å². The first-order chi connectivity index (χ1) is 8.95. The van der Waals surface area contributed by atoms with Crippen LogP contribution < -0.4 is 10.6 Å². The van der Waals surface area contributed by atoms with Crippen molar-refractivity contribution in [1.29, 1.82) is 0 Å². The molecule has 0 heterocycles. The Morgan fingerprint density at radius 1 is 1.42 bits per heavy atom. The molecule has 0 fully saturated rings. The van der Waals surface area contributed by atoms with E-state index in [9.17, 15) is 9.18 Å². The van der Waals surface area contributed by atoms with Gasteiger partial charge in [-0.25, -0.2) is 4.39 Å². The normalized spacial score (nSPS) is 11.4. The molecule has 1 rings (SSSR count). The zero-order valence-electron chi connectivity index (χ0n) is 11.6. The highest BCUT2D eigenvalue weighted by Crippen LogP contribution is 2.20. The van der Waals surface area contributed by atoms with Gasteiger partial charge in [-0.3, -0.25) is 4.79 Å². The topological polar surface area (TPSA) is 50.4 Å². The lowest BCUT2D eigenvalue weighted by Crippen LogP contribution is -2.45. The highest BCUT2D eigenvalue weighted by molar-refractivity contribution is 5.79. The largest absolute Gasteiger partial charge is 0.383 e. The number of ether oxygens (including phenoxy) is 1. The van der Waals surface area contributed by atoms with Gasteiger partial charge in [0.15, 0.2) is 0 Å². The number of carbonyl (C=O) groups excluding carboxylic acids is 1. The molecule has 5 heteroatoms. The van der Waals surface area contributed by atoms with Crippen molar-refractivity contribution in [3.05, 3.63) is 35.6 Å². The second kappa shape index (κ2) is 7.21. The zero-order valence-corrected chi connectivity index (χ0v) is 11.6. The third kappa shape index (κ3) is 5.36. The third-order valence-corrected chi connectivity index (χ3v) is 2.77.